The lowest BCUT2D eigenvalue weighted by Gasteiger charge is -2.22. The maximum absolute atomic E-state index is 5.93. The van der Waals surface area contributed by atoms with Crippen molar-refractivity contribution in [3.63, 3.8) is 0 Å². The van der Waals surface area contributed by atoms with Crippen molar-refractivity contribution in [2.24, 2.45) is 0 Å². The van der Waals surface area contributed by atoms with Gasteiger partial charge in [-0.15, -0.1) is 0 Å². The van der Waals surface area contributed by atoms with E-state index in [1.165, 1.54) is 22.3 Å². The van der Waals surface area contributed by atoms with Crippen molar-refractivity contribution in [2.45, 2.75) is 46.2 Å². The van der Waals surface area contributed by atoms with E-state index in [9.17, 15) is 0 Å². The number of hydrogen-bond acceptors (Lipinski definition) is 1. The van der Waals surface area contributed by atoms with Crippen molar-refractivity contribution in [1.29, 1.82) is 0 Å². The molecule has 0 aliphatic rings. The normalized spacial score (nSPS) is 14.0. The summed E-state index contributed by atoms with van der Waals surface area (Å²) in [5, 5.41) is 4.49. The first-order valence-corrected chi connectivity index (χ1v) is 7.91. The van der Waals surface area contributed by atoms with Crippen molar-refractivity contribution in [3.8, 4) is 0 Å². The zero-order valence-electron chi connectivity index (χ0n) is 13.3. The number of benzene rings is 2. The van der Waals surface area contributed by atoms with Crippen LogP contribution in [0.1, 0.15) is 42.1 Å². The van der Waals surface area contributed by atoms with Crippen LogP contribution in [0.5, 0.6) is 0 Å². The Morgan fingerprint density at radius 3 is 2.33 bits per heavy atom. The van der Waals surface area contributed by atoms with Crippen LogP contribution >= 0.6 is 11.6 Å². The minimum atomic E-state index is 0.354. The van der Waals surface area contributed by atoms with Gasteiger partial charge in [0.2, 0.25) is 0 Å². The van der Waals surface area contributed by atoms with E-state index < -0.39 is 0 Å². The lowest BCUT2D eigenvalue weighted by atomic mass is 9.98. The highest BCUT2D eigenvalue weighted by molar-refractivity contribution is 6.30. The molecule has 0 spiro atoms. The fraction of sp³-hybridized carbons (Fsp3) is 0.368. The molecule has 2 aromatic rings. The molecule has 0 aromatic heterocycles. The van der Waals surface area contributed by atoms with Gasteiger partial charge in [0.05, 0.1) is 0 Å². The molecule has 0 aliphatic heterocycles. The summed E-state index contributed by atoms with van der Waals surface area (Å²) in [7, 11) is 0. The average Bonchev–Trinajstić information content (AvgIpc) is 2.44. The molecule has 1 N–H and O–H groups in total. The molecule has 0 bridgehead atoms. The van der Waals surface area contributed by atoms with E-state index in [2.05, 4.69) is 63.3 Å². The molecule has 112 valence electrons. The molecule has 2 aromatic carbocycles. The van der Waals surface area contributed by atoms with Crippen LogP contribution in [0.4, 0.5) is 0 Å². The lowest BCUT2D eigenvalue weighted by molar-refractivity contribution is 0.476. The van der Waals surface area contributed by atoms with Crippen LogP contribution in [0.15, 0.2) is 42.5 Å². The maximum atomic E-state index is 5.93. The topological polar surface area (TPSA) is 12.0 Å². The van der Waals surface area contributed by atoms with Gasteiger partial charge in [-0.2, -0.15) is 0 Å². The molecule has 21 heavy (non-hydrogen) atoms. The van der Waals surface area contributed by atoms with Crippen LogP contribution in [0.3, 0.4) is 0 Å². The van der Waals surface area contributed by atoms with Crippen molar-refractivity contribution in [3.05, 3.63) is 69.7 Å². The van der Waals surface area contributed by atoms with E-state index in [0.29, 0.717) is 12.1 Å². The molecule has 2 atom stereocenters. The predicted molar refractivity (Wildman–Crippen MR) is 92.1 cm³/mol. The van der Waals surface area contributed by atoms with E-state index >= 15 is 0 Å². The molecule has 0 amide bonds. The standard InChI is InChI=1S/C19H24ClN/c1-13-5-6-14(2)19(11-13)16(4)21-15(3)12-17-7-9-18(20)10-8-17/h5-11,15-16,21H,12H2,1-4H3. The van der Waals surface area contributed by atoms with Gasteiger partial charge < -0.3 is 5.32 Å². The summed E-state index contributed by atoms with van der Waals surface area (Å²) in [6.45, 7) is 8.79. The SMILES string of the molecule is Cc1ccc(C)c(C(C)NC(C)Cc2ccc(Cl)cc2)c1. The molecule has 2 unspecified atom stereocenters. The molecule has 0 aliphatic carbocycles. The van der Waals surface area contributed by atoms with Crippen LogP contribution in [0.2, 0.25) is 5.02 Å². The Morgan fingerprint density at radius 1 is 1.00 bits per heavy atom. The van der Waals surface area contributed by atoms with Crippen LogP contribution in [-0.2, 0) is 6.42 Å². The van der Waals surface area contributed by atoms with Crippen LogP contribution < -0.4 is 5.32 Å². The summed E-state index contributed by atoms with van der Waals surface area (Å²) in [5.74, 6) is 0. The van der Waals surface area contributed by atoms with Gasteiger partial charge in [-0.1, -0.05) is 47.5 Å². The Bertz CT molecular complexity index is 589. The fourth-order valence-electron chi connectivity index (χ4n) is 2.78. The summed E-state index contributed by atoms with van der Waals surface area (Å²) in [6.07, 6.45) is 1.01. The van der Waals surface area contributed by atoms with Gasteiger partial charge in [-0.25, -0.2) is 0 Å². The Hall–Kier alpha value is -1.31. The third kappa shape index (κ3) is 4.59. The van der Waals surface area contributed by atoms with Crippen LogP contribution in [-0.4, -0.2) is 6.04 Å². The second-order valence-electron chi connectivity index (χ2n) is 5.98. The highest BCUT2D eigenvalue weighted by Crippen LogP contribution is 2.20. The summed E-state index contributed by atoms with van der Waals surface area (Å²) in [6, 6.07) is 15.5. The third-order valence-corrected chi connectivity index (χ3v) is 4.14. The molecule has 2 rings (SSSR count). The van der Waals surface area contributed by atoms with Gasteiger partial charge in [0.1, 0.15) is 0 Å². The van der Waals surface area contributed by atoms with Gasteiger partial charge in [0.15, 0.2) is 0 Å². The first-order chi connectivity index (χ1) is 9.95. The highest BCUT2D eigenvalue weighted by atomic mass is 35.5. The molecular weight excluding hydrogens is 278 g/mol. The Morgan fingerprint density at radius 2 is 1.67 bits per heavy atom. The Balaban J connectivity index is 2.00. The van der Waals surface area contributed by atoms with Gasteiger partial charge in [-0.05, 0) is 62.9 Å². The van der Waals surface area contributed by atoms with E-state index in [4.69, 9.17) is 11.6 Å². The number of halogens is 1. The zero-order chi connectivity index (χ0) is 15.4. The van der Waals surface area contributed by atoms with Gasteiger partial charge >= 0.3 is 0 Å². The third-order valence-electron chi connectivity index (χ3n) is 3.89. The second kappa shape index (κ2) is 7.11. The average molecular weight is 302 g/mol. The van der Waals surface area contributed by atoms with Crippen LogP contribution in [0.25, 0.3) is 0 Å². The van der Waals surface area contributed by atoms with E-state index in [-0.39, 0.29) is 0 Å². The van der Waals surface area contributed by atoms with E-state index in [0.717, 1.165) is 11.4 Å². The number of aryl methyl sites for hydroxylation is 2. The smallest absolute Gasteiger partial charge is 0.0406 e. The monoisotopic (exact) mass is 301 g/mol. The molecule has 0 fully saturated rings. The van der Waals surface area contributed by atoms with Crippen molar-refractivity contribution in [2.75, 3.05) is 0 Å². The first kappa shape index (κ1) is 16.1. The minimum Gasteiger partial charge on any atom is -0.307 e. The van der Waals surface area contributed by atoms with E-state index in [1.807, 2.05) is 12.1 Å². The second-order valence-corrected chi connectivity index (χ2v) is 6.42. The summed E-state index contributed by atoms with van der Waals surface area (Å²) in [5.41, 5.74) is 5.36. The first-order valence-electron chi connectivity index (χ1n) is 7.53. The molecule has 1 nitrogen and oxygen atoms in total. The van der Waals surface area contributed by atoms with Gasteiger partial charge in [-0.3, -0.25) is 0 Å². The van der Waals surface area contributed by atoms with Crippen molar-refractivity contribution in [1.82, 2.24) is 5.32 Å². The van der Waals surface area contributed by atoms with Crippen molar-refractivity contribution >= 4 is 11.6 Å². The number of rotatable bonds is 5. The number of hydrogen-bond donors (Lipinski definition) is 1. The van der Waals surface area contributed by atoms with Crippen molar-refractivity contribution < 1.29 is 0 Å². The summed E-state index contributed by atoms with van der Waals surface area (Å²) < 4.78 is 0. The zero-order valence-corrected chi connectivity index (χ0v) is 14.0. The predicted octanol–water partition coefficient (Wildman–Crippen LogP) is 5.24. The number of nitrogens with one attached hydrogen (secondary N) is 1. The van der Waals surface area contributed by atoms with E-state index in [1.54, 1.807) is 0 Å². The van der Waals surface area contributed by atoms with Gasteiger partial charge in [0.25, 0.3) is 0 Å². The fourth-order valence-corrected chi connectivity index (χ4v) is 2.90. The Labute approximate surface area is 133 Å². The summed E-state index contributed by atoms with van der Waals surface area (Å²) >= 11 is 5.93. The van der Waals surface area contributed by atoms with Crippen LogP contribution in [0, 0.1) is 13.8 Å². The minimum absolute atomic E-state index is 0.354. The molecule has 0 saturated carbocycles. The molecule has 0 heterocycles. The molecule has 0 saturated heterocycles. The molecule has 0 radical (unpaired) electrons. The molecular formula is C19H24ClN. The quantitative estimate of drug-likeness (QED) is 0.796. The Kier molecular flexibility index (Phi) is 5.44. The maximum Gasteiger partial charge on any atom is 0.0406 e. The molecule has 2 heteroatoms. The highest BCUT2D eigenvalue weighted by Gasteiger charge is 2.12. The lowest BCUT2D eigenvalue weighted by Crippen LogP contribution is -2.31. The largest absolute Gasteiger partial charge is 0.307 e. The van der Waals surface area contributed by atoms with Gasteiger partial charge in [0, 0.05) is 17.1 Å². The summed E-state index contributed by atoms with van der Waals surface area (Å²) in [4.78, 5) is 0.